The van der Waals surface area contributed by atoms with Crippen molar-refractivity contribution in [2.45, 2.75) is 59.8 Å². The molecule has 1 rings (SSSR count). The standard InChI is InChI=1S/C17H36N2/c1-15(2)14-18-10-6-5-7-11-19-12-8-17(9-13-19)16(3)4/h15-18H,5-14H2,1-4H3. The molecule has 1 N–H and O–H groups in total. The molecule has 0 aromatic rings. The van der Waals surface area contributed by atoms with E-state index in [2.05, 4.69) is 37.9 Å². The van der Waals surface area contributed by atoms with Crippen LogP contribution in [0.2, 0.25) is 0 Å². The number of hydrogen-bond donors (Lipinski definition) is 1. The zero-order valence-corrected chi connectivity index (χ0v) is 13.8. The summed E-state index contributed by atoms with van der Waals surface area (Å²) in [5.74, 6) is 2.65. The molecule has 0 unspecified atom stereocenters. The molecule has 0 atom stereocenters. The van der Waals surface area contributed by atoms with Gasteiger partial charge in [0.15, 0.2) is 0 Å². The second-order valence-corrected chi connectivity index (χ2v) is 7.08. The lowest BCUT2D eigenvalue weighted by Gasteiger charge is -2.33. The minimum Gasteiger partial charge on any atom is -0.316 e. The third-order valence-electron chi connectivity index (χ3n) is 4.46. The number of unbranched alkanes of at least 4 members (excludes halogenated alkanes) is 2. The summed E-state index contributed by atoms with van der Waals surface area (Å²) < 4.78 is 0. The molecular weight excluding hydrogens is 232 g/mol. The van der Waals surface area contributed by atoms with E-state index in [4.69, 9.17) is 0 Å². The number of nitrogens with one attached hydrogen (secondary N) is 1. The molecule has 114 valence electrons. The molecule has 1 aliphatic heterocycles. The topological polar surface area (TPSA) is 15.3 Å². The van der Waals surface area contributed by atoms with Gasteiger partial charge < -0.3 is 10.2 Å². The maximum Gasteiger partial charge on any atom is -0.00160 e. The number of rotatable bonds is 9. The molecule has 0 spiro atoms. The molecule has 1 aliphatic rings. The first-order chi connectivity index (χ1) is 9.09. The fraction of sp³-hybridized carbons (Fsp3) is 1.00. The van der Waals surface area contributed by atoms with E-state index in [0.29, 0.717) is 0 Å². The monoisotopic (exact) mass is 268 g/mol. The van der Waals surface area contributed by atoms with Gasteiger partial charge in [0.2, 0.25) is 0 Å². The summed E-state index contributed by atoms with van der Waals surface area (Å²) in [5.41, 5.74) is 0. The highest BCUT2D eigenvalue weighted by molar-refractivity contribution is 4.74. The normalized spacial score (nSPS) is 18.6. The van der Waals surface area contributed by atoms with Crippen molar-refractivity contribution in [1.29, 1.82) is 0 Å². The lowest BCUT2D eigenvalue weighted by atomic mass is 9.87. The van der Waals surface area contributed by atoms with Crippen molar-refractivity contribution in [3.63, 3.8) is 0 Å². The molecular formula is C17H36N2. The second-order valence-electron chi connectivity index (χ2n) is 7.08. The zero-order valence-electron chi connectivity index (χ0n) is 13.8. The van der Waals surface area contributed by atoms with Crippen LogP contribution < -0.4 is 5.32 Å². The smallest absolute Gasteiger partial charge is 0.00160 e. The van der Waals surface area contributed by atoms with Crippen LogP contribution >= 0.6 is 0 Å². The Morgan fingerprint density at radius 2 is 1.68 bits per heavy atom. The summed E-state index contributed by atoms with van der Waals surface area (Å²) in [6, 6.07) is 0. The van der Waals surface area contributed by atoms with Crippen molar-refractivity contribution in [2.75, 3.05) is 32.7 Å². The molecule has 0 aliphatic carbocycles. The Labute approximate surface area is 121 Å². The second kappa shape index (κ2) is 9.77. The lowest BCUT2D eigenvalue weighted by molar-refractivity contribution is 0.156. The summed E-state index contributed by atoms with van der Waals surface area (Å²) in [4.78, 5) is 2.68. The number of hydrogen-bond acceptors (Lipinski definition) is 2. The zero-order chi connectivity index (χ0) is 14.1. The average molecular weight is 268 g/mol. The van der Waals surface area contributed by atoms with Gasteiger partial charge in [-0.2, -0.15) is 0 Å². The third-order valence-corrected chi connectivity index (χ3v) is 4.46. The summed E-state index contributed by atoms with van der Waals surface area (Å²) in [7, 11) is 0. The van der Waals surface area contributed by atoms with Crippen molar-refractivity contribution >= 4 is 0 Å². The SMILES string of the molecule is CC(C)CNCCCCCN1CCC(C(C)C)CC1. The Morgan fingerprint density at radius 1 is 1.00 bits per heavy atom. The van der Waals surface area contributed by atoms with Gasteiger partial charge in [0.05, 0.1) is 0 Å². The van der Waals surface area contributed by atoms with Crippen molar-refractivity contribution in [2.24, 2.45) is 17.8 Å². The van der Waals surface area contributed by atoms with E-state index in [1.54, 1.807) is 0 Å². The molecule has 0 aromatic heterocycles. The Morgan fingerprint density at radius 3 is 2.26 bits per heavy atom. The summed E-state index contributed by atoms with van der Waals surface area (Å²) >= 11 is 0. The lowest BCUT2D eigenvalue weighted by Crippen LogP contribution is -2.35. The molecule has 1 saturated heterocycles. The number of likely N-dealkylation sites (tertiary alicyclic amines) is 1. The Bertz CT molecular complexity index is 205. The average Bonchev–Trinajstić information content (AvgIpc) is 2.38. The van der Waals surface area contributed by atoms with Gasteiger partial charge >= 0.3 is 0 Å². The first-order valence-corrected chi connectivity index (χ1v) is 8.52. The van der Waals surface area contributed by atoms with Gasteiger partial charge in [0.25, 0.3) is 0 Å². The van der Waals surface area contributed by atoms with Crippen molar-refractivity contribution < 1.29 is 0 Å². The van der Waals surface area contributed by atoms with Crippen LogP contribution in [0.15, 0.2) is 0 Å². The van der Waals surface area contributed by atoms with Crippen LogP contribution in [0.4, 0.5) is 0 Å². The van der Waals surface area contributed by atoms with Crippen molar-refractivity contribution in [3.8, 4) is 0 Å². The maximum atomic E-state index is 3.53. The fourth-order valence-corrected chi connectivity index (χ4v) is 3.00. The molecule has 2 nitrogen and oxygen atoms in total. The van der Waals surface area contributed by atoms with Crippen LogP contribution in [0.5, 0.6) is 0 Å². The molecule has 0 saturated carbocycles. The van der Waals surface area contributed by atoms with Gasteiger partial charge in [0.1, 0.15) is 0 Å². The molecule has 19 heavy (non-hydrogen) atoms. The summed E-state index contributed by atoms with van der Waals surface area (Å²) in [6.07, 6.45) is 6.96. The van der Waals surface area contributed by atoms with Crippen LogP contribution in [0.1, 0.15) is 59.8 Å². The van der Waals surface area contributed by atoms with Crippen LogP contribution in [-0.4, -0.2) is 37.6 Å². The predicted molar refractivity (Wildman–Crippen MR) is 85.6 cm³/mol. The molecule has 1 fully saturated rings. The molecule has 2 heteroatoms. The van der Waals surface area contributed by atoms with E-state index in [1.807, 2.05) is 0 Å². The van der Waals surface area contributed by atoms with E-state index in [0.717, 1.165) is 17.8 Å². The summed E-state index contributed by atoms with van der Waals surface area (Å²) in [6.45, 7) is 15.7. The number of nitrogens with zero attached hydrogens (tertiary/aromatic N) is 1. The van der Waals surface area contributed by atoms with E-state index < -0.39 is 0 Å². The highest BCUT2D eigenvalue weighted by Gasteiger charge is 2.20. The minimum atomic E-state index is 0.780. The van der Waals surface area contributed by atoms with Crippen LogP contribution in [0, 0.1) is 17.8 Å². The van der Waals surface area contributed by atoms with Gasteiger partial charge in [-0.05, 0) is 76.2 Å². The van der Waals surface area contributed by atoms with E-state index in [-0.39, 0.29) is 0 Å². The van der Waals surface area contributed by atoms with Crippen molar-refractivity contribution in [1.82, 2.24) is 10.2 Å². The first-order valence-electron chi connectivity index (χ1n) is 8.52. The quantitative estimate of drug-likeness (QED) is 0.640. The molecule has 0 bridgehead atoms. The van der Waals surface area contributed by atoms with E-state index in [1.165, 1.54) is 64.8 Å². The molecule has 0 aromatic carbocycles. The van der Waals surface area contributed by atoms with Gasteiger partial charge in [-0.15, -0.1) is 0 Å². The van der Waals surface area contributed by atoms with Gasteiger partial charge in [-0.25, -0.2) is 0 Å². The highest BCUT2D eigenvalue weighted by atomic mass is 15.1. The molecule has 0 radical (unpaired) electrons. The fourth-order valence-electron chi connectivity index (χ4n) is 3.00. The molecule has 1 heterocycles. The molecule has 0 amide bonds. The Hall–Kier alpha value is -0.0800. The van der Waals surface area contributed by atoms with Crippen molar-refractivity contribution in [3.05, 3.63) is 0 Å². The van der Waals surface area contributed by atoms with E-state index in [9.17, 15) is 0 Å². The van der Waals surface area contributed by atoms with E-state index >= 15 is 0 Å². The highest BCUT2D eigenvalue weighted by Crippen LogP contribution is 2.24. The Balaban J connectivity index is 1.91. The predicted octanol–water partition coefficient (Wildman–Crippen LogP) is 3.77. The van der Waals surface area contributed by atoms with Gasteiger partial charge in [-0.3, -0.25) is 0 Å². The first kappa shape index (κ1) is 17.0. The number of piperidine rings is 1. The largest absolute Gasteiger partial charge is 0.316 e. The van der Waals surface area contributed by atoms with Gasteiger partial charge in [-0.1, -0.05) is 34.1 Å². The van der Waals surface area contributed by atoms with Gasteiger partial charge in [0, 0.05) is 0 Å². The van der Waals surface area contributed by atoms with Crippen LogP contribution in [0.25, 0.3) is 0 Å². The van der Waals surface area contributed by atoms with Crippen LogP contribution in [0.3, 0.4) is 0 Å². The maximum absolute atomic E-state index is 3.53. The minimum absolute atomic E-state index is 0.780. The summed E-state index contributed by atoms with van der Waals surface area (Å²) in [5, 5.41) is 3.53. The third kappa shape index (κ3) is 7.94. The van der Waals surface area contributed by atoms with Crippen LogP contribution in [-0.2, 0) is 0 Å². The Kier molecular flexibility index (Phi) is 8.72.